The molecule has 0 amide bonds. The van der Waals surface area contributed by atoms with Crippen LogP contribution in [0.5, 0.6) is 0 Å². The molecule has 0 aliphatic rings. The predicted octanol–water partition coefficient (Wildman–Crippen LogP) is 1.16. The van der Waals surface area contributed by atoms with Crippen LogP contribution < -0.4 is 5.73 Å². The third-order valence-electron chi connectivity index (χ3n) is 1.96. The number of hydrogen-bond acceptors (Lipinski definition) is 5. The summed E-state index contributed by atoms with van der Waals surface area (Å²) < 4.78 is 21.0. The smallest absolute Gasteiger partial charge is 0.359 e. The monoisotopic (exact) mass is 225 g/mol. The maximum absolute atomic E-state index is 11.7. The maximum atomic E-state index is 11.7. The molecule has 0 heterocycles. The first-order valence-electron chi connectivity index (χ1n) is 4.52. The van der Waals surface area contributed by atoms with Gasteiger partial charge in [0.2, 0.25) is 0 Å². The van der Waals surface area contributed by atoms with E-state index in [4.69, 9.17) is 5.73 Å². The SMILES string of the molecule is COP(=O)(OC)C(O)C(N)CC(C)C. The Labute approximate surface area is 85.1 Å². The molecule has 0 aromatic heterocycles. The van der Waals surface area contributed by atoms with Crippen LogP contribution in [0.1, 0.15) is 20.3 Å². The summed E-state index contributed by atoms with van der Waals surface area (Å²) in [7, 11) is -0.991. The molecule has 14 heavy (non-hydrogen) atoms. The minimum Gasteiger partial charge on any atom is -0.379 e. The number of rotatable bonds is 6. The molecule has 0 saturated carbocycles. The molecule has 0 bridgehead atoms. The molecule has 6 heteroatoms. The van der Waals surface area contributed by atoms with Gasteiger partial charge in [0.15, 0.2) is 5.85 Å². The number of aliphatic hydroxyl groups is 1. The van der Waals surface area contributed by atoms with E-state index in [1.807, 2.05) is 13.8 Å². The van der Waals surface area contributed by atoms with Crippen molar-refractivity contribution in [2.24, 2.45) is 11.7 Å². The first-order chi connectivity index (χ1) is 6.37. The lowest BCUT2D eigenvalue weighted by Crippen LogP contribution is -2.36. The summed E-state index contributed by atoms with van der Waals surface area (Å²) in [6.45, 7) is 3.94. The highest BCUT2D eigenvalue weighted by molar-refractivity contribution is 7.54. The summed E-state index contributed by atoms with van der Waals surface area (Å²) >= 11 is 0. The van der Waals surface area contributed by atoms with Crippen molar-refractivity contribution in [3.63, 3.8) is 0 Å². The normalized spacial score (nSPS) is 17.1. The van der Waals surface area contributed by atoms with Gasteiger partial charge in [0, 0.05) is 20.3 Å². The van der Waals surface area contributed by atoms with Gasteiger partial charge < -0.3 is 19.9 Å². The maximum Gasteiger partial charge on any atom is 0.359 e. The number of nitrogens with two attached hydrogens (primary N) is 1. The molecule has 3 N–H and O–H groups in total. The molecule has 0 spiro atoms. The molecular weight excluding hydrogens is 205 g/mol. The van der Waals surface area contributed by atoms with Crippen molar-refractivity contribution in [2.45, 2.75) is 32.2 Å². The van der Waals surface area contributed by atoms with Crippen LogP contribution >= 0.6 is 7.60 Å². The van der Waals surface area contributed by atoms with E-state index in [1.54, 1.807) is 0 Å². The van der Waals surface area contributed by atoms with Gasteiger partial charge in [0.25, 0.3) is 0 Å². The lowest BCUT2D eigenvalue weighted by molar-refractivity contribution is 0.147. The first-order valence-corrected chi connectivity index (χ1v) is 6.13. The summed E-state index contributed by atoms with van der Waals surface area (Å²) in [5, 5.41) is 9.65. The molecule has 5 nitrogen and oxygen atoms in total. The highest BCUT2D eigenvalue weighted by atomic mass is 31.2. The Kier molecular flexibility index (Phi) is 5.86. The molecule has 0 aromatic carbocycles. The van der Waals surface area contributed by atoms with Crippen molar-refractivity contribution in [2.75, 3.05) is 14.2 Å². The van der Waals surface area contributed by atoms with E-state index >= 15 is 0 Å². The number of aliphatic hydroxyl groups excluding tert-OH is 1. The van der Waals surface area contributed by atoms with Crippen molar-refractivity contribution in [3.05, 3.63) is 0 Å². The average Bonchev–Trinajstić information content (AvgIpc) is 2.14. The van der Waals surface area contributed by atoms with E-state index in [0.717, 1.165) is 0 Å². The zero-order chi connectivity index (χ0) is 11.4. The zero-order valence-corrected chi connectivity index (χ0v) is 10.0. The summed E-state index contributed by atoms with van der Waals surface area (Å²) in [6, 6.07) is -0.597. The largest absolute Gasteiger partial charge is 0.379 e. The minimum atomic E-state index is -3.45. The van der Waals surface area contributed by atoms with E-state index < -0.39 is 19.5 Å². The lowest BCUT2D eigenvalue weighted by atomic mass is 10.1. The fourth-order valence-electron chi connectivity index (χ4n) is 1.19. The van der Waals surface area contributed by atoms with Gasteiger partial charge in [-0.05, 0) is 12.3 Å². The first kappa shape index (κ1) is 14.1. The summed E-state index contributed by atoms with van der Waals surface area (Å²) in [5.74, 6) is -0.943. The quantitative estimate of drug-likeness (QED) is 0.663. The lowest BCUT2D eigenvalue weighted by Gasteiger charge is -2.25. The summed E-state index contributed by atoms with van der Waals surface area (Å²) in [5.41, 5.74) is 5.67. The predicted molar refractivity (Wildman–Crippen MR) is 55.1 cm³/mol. The Balaban J connectivity index is 4.43. The van der Waals surface area contributed by atoms with Crippen LogP contribution in [-0.2, 0) is 13.6 Å². The van der Waals surface area contributed by atoms with E-state index in [0.29, 0.717) is 12.3 Å². The molecule has 0 aliphatic carbocycles. The van der Waals surface area contributed by atoms with Gasteiger partial charge in [0.05, 0.1) is 0 Å². The van der Waals surface area contributed by atoms with Crippen molar-refractivity contribution < 1.29 is 18.7 Å². The molecule has 0 fully saturated rings. The zero-order valence-electron chi connectivity index (χ0n) is 9.14. The molecular formula is C8H20NO4P. The molecule has 86 valence electrons. The third kappa shape index (κ3) is 3.67. The van der Waals surface area contributed by atoms with Gasteiger partial charge in [-0.25, -0.2) is 0 Å². The van der Waals surface area contributed by atoms with Gasteiger partial charge in [-0.15, -0.1) is 0 Å². The van der Waals surface area contributed by atoms with Crippen LogP contribution in [0.2, 0.25) is 0 Å². The van der Waals surface area contributed by atoms with Crippen LogP contribution in [0.3, 0.4) is 0 Å². The Hall–Kier alpha value is 0.0700. The second-order valence-corrected chi connectivity index (χ2v) is 5.95. The molecule has 0 saturated heterocycles. The fourth-order valence-corrected chi connectivity index (χ4v) is 2.36. The summed E-state index contributed by atoms with van der Waals surface area (Å²) in [4.78, 5) is 0. The second-order valence-electron chi connectivity index (χ2n) is 3.61. The average molecular weight is 225 g/mol. The molecule has 0 aliphatic heterocycles. The van der Waals surface area contributed by atoms with E-state index in [9.17, 15) is 9.67 Å². The molecule has 2 unspecified atom stereocenters. The Morgan fingerprint density at radius 3 is 2.07 bits per heavy atom. The molecule has 2 atom stereocenters. The Morgan fingerprint density at radius 1 is 1.36 bits per heavy atom. The highest BCUT2D eigenvalue weighted by Gasteiger charge is 2.36. The van der Waals surface area contributed by atoms with Crippen LogP contribution in [0.4, 0.5) is 0 Å². The van der Waals surface area contributed by atoms with Gasteiger partial charge in [-0.2, -0.15) is 0 Å². The number of hydrogen-bond donors (Lipinski definition) is 2. The van der Waals surface area contributed by atoms with Crippen molar-refractivity contribution in [1.82, 2.24) is 0 Å². The fraction of sp³-hybridized carbons (Fsp3) is 1.00. The van der Waals surface area contributed by atoms with Crippen molar-refractivity contribution >= 4 is 7.60 Å². The van der Waals surface area contributed by atoms with Gasteiger partial charge in [0.1, 0.15) is 0 Å². The summed E-state index contributed by atoms with van der Waals surface area (Å²) in [6.07, 6.45) is 0.567. The van der Waals surface area contributed by atoms with E-state index in [-0.39, 0.29) is 0 Å². The van der Waals surface area contributed by atoms with Crippen LogP contribution in [0, 0.1) is 5.92 Å². The van der Waals surface area contributed by atoms with Crippen molar-refractivity contribution in [3.8, 4) is 0 Å². The third-order valence-corrected chi connectivity index (χ3v) is 4.01. The minimum absolute atomic E-state index is 0.321. The van der Waals surface area contributed by atoms with E-state index in [2.05, 4.69) is 9.05 Å². The van der Waals surface area contributed by atoms with Crippen LogP contribution in [-0.4, -0.2) is 31.2 Å². The second kappa shape index (κ2) is 5.83. The standard InChI is InChI=1S/C8H20NO4P/c1-6(2)5-7(9)8(10)14(11,12-3)13-4/h6-8,10H,5,9H2,1-4H3. The Morgan fingerprint density at radius 2 is 1.79 bits per heavy atom. The van der Waals surface area contributed by atoms with Gasteiger partial charge >= 0.3 is 7.60 Å². The van der Waals surface area contributed by atoms with Crippen LogP contribution in [0.25, 0.3) is 0 Å². The Bertz CT molecular complexity index is 202. The highest BCUT2D eigenvalue weighted by Crippen LogP contribution is 2.51. The topological polar surface area (TPSA) is 81.8 Å². The van der Waals surface area contributed by atoms with E-state index in [1.165, 1.54) is 14.2 Å². The van der Waals surface area contributed by atoms with Crippen molar-refractivity contribution in [1.29, 1.82) is 0 Å². The molecule has 0 radical (unpaired) electrons. The molecule has 0 aromatic rings. The van der Waals surface area contributed by atoms with Gasteiger partial charge in [-0.1, -0.05) is 13.8 Å². The van der Waals surface area contributed by atoms with Gasteiger partial charge in [-0.3, -0.25) is 4.57 Å². The molecule has 0 rings (SSSR count). The van der Waals surface area contributed by atoms with Crippen LogP contribution in [0.15, 0.2) is 0 Å².